The number of unbranched alkanes of at least 4 members (excludes halogenated alkanes) is 8. The maximum absolute atomic E-state index is 12.8. The number of rotatable bonds is 17. The molecule has 0 radical (unpaired) electrons. The minimum atomic E-state index is -0.801. The van der Waals surface area contributed by atoms with Gasteiger partial charge >= 0.3 is 5.97 Å². The number of carbonyl (C=O) groups is 1. The number of fused-ring (bicyclic) bond motifs is 3. The van der Waals surface area contributed by atoms with Gasteiger partial charge in [0, 0.05) is 0 Å². The summed E-state index contributed by atoms with van der Waals surface area (Å²) in [7, 11) is 0. The Balaban J connectivity index is 1.30. The van der Waals surface area contributed by atoms with E-state index in [2.05, 4.69) is 20.8 Å². The van der Waals surface area contributed by atoms with E-state index in [1.807, 2.05) is 36.4 Å². The fraction of sp³-hybridized carbons (Fsp3) is 0.472. The maximum atomic E-state index is 12.8. The molecule has 0 heterocycles. The molecule has 0 aromatic heterocycles. The van der Waals surface area contributed by atoms with Crippen LogP contribution in [0.3, 0.4) is 0 Å². The Morgan fingerprint density at radius 2 is 1.29 bits per heavy atom. The number of hydrogen-bond donors (Lipinski definition) is 1. The number of ether oxygens (including phenoxy) is 3. The predicted molar refractivity (Wildman–Crippen MR) is 165 cm³/mol. The zero-order valence-corrected chi connectivity index (χ0v) is 25.0. The zero-order valence-electron chi connectivity index (χ0n) is 25.0. The van der Waals surface area contributed by atoms with Crippen molar-refractivity contribution in [3.05, 3.63) is 77.4 Å². The molecule has 1 aliphatic rings. The molecule has 0 aliphatic heterocycles. The van der Waals surface area contributed by atoms with Crippen molar-refractivity contribution in [2.24, 2.45) is 0 Å². The highest BCUT2D eigenvalue weighted by Gasteiger charge is 2.28. The van der Waals surface area contributed by atoms with Gasteiger partial charge in [-0.05, 0) is 97.0 Å². The minimum Gasteiger partial charge on any atom is -0.494 e. The van der Waals surface area contributed by atoms with Crippen molar-refractivity contribution < 1.29 is 24.1 Å². The fourth-order valence-corrected chi connectivity index (χ4v) is 5.40. The summed E-state index contributed by atoms with van der Waals surface area (Å²) >= 11 is 0. The molecule has 220 valence electrons. The molecule has 1 aliphatic carbocycles. The number of aliphatic hydroxyl groups excluding tert-OH is 1. The molecule has 41 heavy (non-hydrogen) atoms. The first kappa shape index (κ1) is 30.6. The van der Waals surface area contributed by atoms with E-state index in [-0.39, 0.29) is 6.10 Å². The van der Waals surface area contributed by atoms with E-state index in [1.165, 1.54) is 51.4 Å². The van der Waals surface area contributed by atoms with E-state index in [9.17, 15) is 9.90 Å². The van der Waals surface area contributed by atoms with Gasteiger partial charge < -0.3 is 19.3 Å². The zero-order chi connectivity index (χ0) is 29.0. The largest absolute Gasteiger partial charge is 0.494 e. The van der Waals surface area contributed by atoms with Crippen molar-refractivity contribution in [2.45, 2.75) is 104 Å². The summed E-state index contributed by atoms with van der Waals surface area (Å²) in [6.45, 7) is 7.22. The van der Waals surface area contributed by atoms with Crippen molar-refractivity contribution in [1.29, 1.82) is 0 Å². The molecule has 2 atom stereocenters. The summed E-state index contributed by atoms with van der Waals surface area (Å²) in [5.74, 6) is 1.48. The molecule has 0 amide bonds. The smallest absolute Gasteiger partial charge is 0.343 e. The van der Waals surface area contributed by atoms with Crippen LogP contribution in [0.15, 0.2) is 60.7 Å². The van der Waals surface area contributed by atoms with Crippen LogP contribution in [-0.4, -0.2) is 23.8 Å². The summed E-state index contributed by atoms with van der Waals surface area (Å²) in [6, 6.07) is 18.4. The van der Waals surface area contributed by atoms with Crippen LogP contribution in [0.5, 0.6) is 17.2 Å². The van der Waals surface area contributed by atoms with E-state index in [0.717, 1.165) is 53.0 Å². The molecule has 0 saturated carbocycles. The highest BCUT2D eigenvalue weighted by Crippen LogP contribution is 2.46. The molecule has 0 fully saturated rings. The standard InChI is InChI=1S/C36H46O5/c1-4-6-8-10-11-13-23-39-28-17-15-27(16-18-28)36(38)41-30-20-22-32-31-21-19-29(24-33(31)35(37)34(32)25-30)40-26(3)14-12-9-7-5-2/h15-22,24-26,35,37H,4-14,23H2,1-3H3/t26-,35+/m1/s1. The fourth-order valence-electron chi connectivity index (χ4n) is 5.40. The summed E-state index contributed by atoms with van der Waals surface area (Å²) in [4.78, 5) is 12.8. The summed E-state index contributed by atoms with van der Waals surface area (Å²) in [5.41, 5.74) is 3.92. The van der Waals surface area contributed by atoms with Crippen molar-refractivity contribution >= 4 is 5.97 Å². The van der Waals surface area contributed by atoms with Gasteiger partial charge in [-0.25, -0.2) is 4.79 Å². The van der Waals surface area contributed by atoms with Crippen molar-refractivity contribution in [3.63, 3.8) is 0 Å². The van der Waals surface area contributed by atoms with E-state index < -0.39 is 12.1 Å². The van der Waals surface area contributed by atoms with E-state index in [0.29, 0.717) is 17.9 Å². The van der Waals surface area contributed by atoms with Gasteiger partial charge in [0.2, 0.25) is 0 Å². The second-order valence-electron chi connectivity index (χ2n) is 11.2. The molecule has 0 spiro atoms. The number of benzene rings is 3. The third-order valence-corrected chi connectivity index (χ3v) is 7.79. The summed E-state index contributed by atoms with van der Waals surface area (Å²) in [6.07, 6.45) is 12.5. The average Bonchev–Trinajstić information content (AvgIpc) is 3.25. The Morgan fingerprint density at radius 1 is 0.732 bits per heavy atom. The van der Waals surface area contributed by atoms with Crippen LogP contribution in [0.2, 0.25) is 0 Å². The monoisotopic (exact) mass is 558 g/mol. The molecule has 3 aromatic carbocycles. The van der Waals surface area contributed by atoms with E-state index in [4.69, 9.17) is 14.2 Å². The number of esters is 1. The van der Waals surface area contributed by atoms with Gasteiger partial charge in [0.1, 0.15) is 23.4 Å². The first-order valence-electron chi connectivity index (χ1n) is 15.6. The second kappa shape index (κ2) is 15.6. The first-order chi connectivity index (χ1) is 20.0. The lowest BCUT2D eigenvalue weighted by Crippen LogP contribution is -2.11. The topological polar surface area (TPSA) is 65.0 Å². The van der Waals surface area contributed by atoms with E-state index >= 15 is 0 Å². The van der Waals surface area contributed by atoms with Gasteiger partial charge in [-0.15, -0.1) is 0 Å². The quantitative estimate of drug-likeness (QED) is 0.102. The molecule has 1 N–H and O–H groups in total. The highest BCUT2D eigenvalue weighted by molar-refractivity contribution is 5.91. The molecule has 4 rings (SSSR count). The van der Waals surface area contributed by atoms with Gasteiger partial charge in [-0.3, -0.25) is 0 Å². The van der Waals surface area contributed by atoms with Crippen LogP contribution in [0, 0.1) is 0 Å². The lowest BCUT2D eigenvalue weighted by atomic mass is 10.1. The maximum Gasteiger partial charge on any atom is 0.343 e. The van der Waals surface area contributed by atoms with E-state index in [1.54, 1.807) is 24.3 Å². The first-order valence-corrected chi connectivity index (χ1v) is 15.6. The van der Waals surface area contributed by atoms with Gasteiger partial charge in [0.15, 0.2) is 0 Å². The Labute approximate surface area is 245 Å². The van der Waals surface area contributed by atoms with Crippen LogP contribution in [0.25, 0.3) is 11.1 Å². The molecule has 0 unspecified atom stereocenters. The summed E-state index contributed by atoms with van der Waals surface area (Å²) < 4.78 is 17.7. The molecular formula is C36H46O5. The summed E-state index contributed by atoms with van der Waals surface area (Å²) in [5, 5.41) is 11.1. The molecule has 5 heteroatoms. The van der Waals surface area contributed by atoms with Gasteiger partial charge in [-0.1, -0.05) is 77.3 Å². The van der Waals surface area contributed by atoms with Gasteiger partial charge in [-0.2, -0.15) is 0 Å². The van der Waals surface area contributed by atoms with Crippen LogP contribution < -0.4 is 14.2 Å². The molecule has 0 bridgehead atoms. The highest BCUT2D eigenvalue weighted by atomic mass is 16.5. The Kier molecular flexibility index (Phi) is 11.7. The molecular weight excluding hydrogens is 512 g/mol. The Morgan fingerprint density at radius 3 is 1.98 bits per heavy atom. The SMILES string of the molecule is CCCCCCCCOc1ccc(C(=O)Oc2ccc3c(c2)[C@@H](O)c2cc(O[C@H](C)CCCCCC)ccc2-3)cc1. The van der Waals surface area contributed by atoms with Crippen molar-refractivity contribution in [1.82, 2.24) is 0 Å². The van der Waals surface area contributed by atoms with Crippen LogP contribution in [-0.2, 0) is 0 Å². The molecule has 0 saturated heterocycles. The lowest BCUT2D eigenvalue weighted by molar-refractivity contribution is 0.0734. The third kappa shape index (κ3) is 8.59. The number of hydrogen-bond acceptors (Lipinski definition) is 5. The predicted octanol–water partition coefficient (Wildman–Crippen LogP) is 9.44. The Hall–Kier alpha value is -3.31. The van der Waals surface area contributed by atoms with Gasteiger partial charge in [0.05, 0.1) is 18.3 Å². The molecule has 3 aromatic rings. The van der Waals surface area contributed by atoms with Crippen molar-refractivity contribution in [2.75, 3.05) is 6.61 Å². The van der Waals surface area contributed by atoms with Crippen molar-refractivity contribution in [3.8, 4) is 28.4 Å². The third-order valence-electron chi connectivity index (χ3n) is 7.79. The lowest BCUT2D eigenvalue weighted by Gasteiger charge is -2.16. The van der Waals surface area contributed by atoms with Crippen LogP contribution in [0.4, 0.5) is 0 Å². The minimum absolute atomic E-state index is 0.123. The normalized spacial score (nSPS) is 14.3. The van der Waals surface area contributed by atoms with Gasteiger partial charge in [0.25, 0.3) is 0 Å². The molecule has 5 nitrogen and oxygen atoms in total. The average molecular weight is 559 g/mol. The van der Waals surface area contributed by atoms with Crippen LogP contribution >= 0.6 is 0 Å². The number of carbonyl (C=O) groups excluding carboxylic acids is 1. The second-order valence-corrected chi connectivity index (χ2v) is 11.2. The Bertz CT molecular complexity index is 1250. The van der Waals surface area contributed by atoms with Crippen LogP contribution in [0.1, 0.15) is 119 Å². The number of aliphatic hydroxyl groups is 1.